The zero-order chi connectivity index (χ0) is 15.2. The van der Waals surface area contributed by atoms with Crippen LogP contribution in [-0.2, 0) is 0 Å². The van der Waals surface area contributed by atoms with Crippen LogP contribution in [0.1, 0.15) is 25.3 Å². The molecule has 0 radical (unpaired) electrons. The Morgan fingerprint density at radius 3 is 2.43 bits per heavy atom. The maximum atomic E-state index is 5.42. The summed E-state index contributed by atoms with van der Waals surface area (Å²) >= 11 is 3.51. The van der Waals surface area contributed by atoms with Crippen molar-refractivity contribution in [3.05, 3.63) is 58.6 Å². The first kappa shape index (κ1) is 15.9. The van der Waals surface area contributed by atoms with Gasteiger partial charge in [0.2, 0.25) is 0 Å². The molecule has 0 aliphatic carbocycles. The Kier molecular flexibility index (Phi) is 5.68. The second kappa shape index (κ2) is 7.51. The van der Waals surface area contributed by atoms with E-state index < -0.39 is 0 Å². The summed E-state index contributed by atoms with van der Waals surface area (Å²) in [7, 11) is 1.70. The third-order valence-electron chi connectivity index (χ3n) is 3.71. The third-order valence-corrected chi connectivity index (χ3v) is 4.20. The summed E-state index contributed by atoms with van der Waals surface area (Å²) in [5, 5.41) is 3.53. The van der Waals surface area contributed by atoms with Crippen LogP contribution in [0.3, 0.4) is 0 Å². The Hall–Kier alpha value is -1.48. The predicted octanol–water partition coefficient (Wildman–Crippen LogP) is 5.31. The van der Waals surface area contributed by atoms with E-state index >= 15 is 0 Å². The van der Waals surface area contributed by atoms with Gasteiger partial charge in [-0.25, -0.2) is 0 Å². The number of hydrogen-bond donors (Lipinski definition) is 1. The standard InChI is InChI=1S/C18H22BrNO/c1-13(2)16(14-7-5-4-6-8-14)12-20-17-11-15(19)9-10-18(17)21-3/h4-11,13,16,20H,12H2,1-3H3. The van der Waals surface area contributed by atoms with E-state index in [1.165, 1.54) is 5.56 Å². The van der Waals surface area contributed by atoms with E-state index in [-0.39, 0.29) is 0 Å². The Bertz CT molecular complexity index is 569. The van der Waals surface area contributed by atoms with Gasteiger partial charge in [0.05, 0.1) is 12.8 Å². The zero-order valence-corrected chi connectivity index (χ0v) is 14.4. The summed E-state index contributed by atoms with van der Waals surface area (Å²) in [5.74, 6) is 1.90. The zero-order valence-electron chi connectivity index (χ0n) is 12.8. The molecule has 0 bridgehead atoms. The molecular weight excluding hydrogens is 326 g/mol. The minimum atomic E-state index is 0.467. The van der Waals surface area contributed by atoms with E-state index in [4.69, 9.17) is 4.74 Å². The molecule has 112 valence electrons. The molecule has 3 heteroatoms. The van der Waals surface area contributed by atoms with Gasteiger partial charge in [-0.05, 0) is 29.7 Å². The van der Waals surface area contributed by atoms with Gasteiger partial charge in [-0.2, -0.15) is 0 Å². The number of rotatable bonds is 6. The van der Waals surface area contributed by atoms with Crippen molar-refractivity contribution >= 4 is 21.6 Å². The maximum absolute atomic E-state index is 5.42. The van der Waals surface area contributed by atoms with Gasteiger partial charge in [0.1, 0.15) is 5.75 Å². The Balaban J connectivity index is 2.14. The van der Waals surface area contributed by atoms with Crippen LogP contribution in [0.25, 0.3) is 0 Å². The number of methoxy groups -OCH3 is 1. The molecule has 1 unspecified atom stereocenters. The van der Waals surface area contributed by atoms with Crippen LogP contribution in [0.15, 0.2) is 53.0 Å². The number of benzene rings is 2. The van der Waals surface area contributed by atoms with Crippen LogP contribution in [0.5, 0.6) is 5.75 Å². The lowest BCUT2D eigenvalue weighted by atomic mass is 9.88. The third kappa shape index (κ3) is 4.24. The minimum absolute atomic E-state index is 0.467. The lowest BCUT2D eigenvalue weighted by Crippen LogP contribution is -2.18. The quantitative estimate of drug-likeness (QED) is 0.764. The van der Waals surface area contributed by atoms with Crippen molar-refractivity contribution in [3.63, 3.8) is 0 Å². The normalized spacial score (nSPS) is 12.2. The second-order valence-electron chi connectivity index (χ2n) is 5.49. The van der Waals surface area contributed by atoms with Gasteiger partial charge in [-0.1, -0.05) is 60.1 Å². The smallest absolute Gasteiger partial charge is 0.142 e. The van der Waals surface area contributed by atoms with Gasteiger partial charge in [0.25, 0.3) is 0 Å². The molecule has 0 aliphatic rings. The molecule has 2 nitrogen and oxygen atoms in total. The molecule has 1 N–H and O–H groups in total. The highest BCUT2D eigenvalue weighted by Gasteiger charge is 2.16. The maximum Gasteiger partial charge on any atom is 0.142 e. The van der Waals surface area contributed by atoms with Crippen molar-refractivity contribution in [1.29, 1.82) is 0 Å². The molecule has 2 aromatic rings. The molecular formula is C18H22BrNO. The number of halogens is 1. The summed E-state index contributed by atoms with van der Waals surface area (Å²) in [6, 6.07) is 16.7. The molecule has 2 rings (SSSR count). The molecule has 0 amide bonds. The van der Waals surface area contributed by atoms with E-state index in [9.17, 15) is 0 Å². The van der Waals surface area contributed by atoms with Crippen molar-refractivity contribution < 1.29 is 4.74 Å². The topological polar surface area (TPSA) is 21.3 Å². The van der Waals surface area contributed by atoms with E-state index in [1.54, 1.807) is 7.11 Å². The molecule has 0 fully saturated rings. The number of ether oxygens (including phenoxy) is 1. The van der Waals surface area contributed by atoms with Crippen LogP contribution < -0.4 is 10.1 Å². The Morgan fingerprint density at radius 1 is 1.10 bits per heavy atom. The highest BCUT2D eigenvalue weighted by Crippen LogP contribution is 2.30. The molecule has 21 heavy (non-hydrogen) atoms. The van der Waals surface area contributed by atoms with Crippen LogP contribution in [-0.4, -0.2) is 13.7 Å². The van der Waals surface area contributed by atoms with Crippen molar-refractivity contribution in [1.82, 2.24) is 0 Å². The molecule has 1 atom stereocenters. The summed E-state index contributed by atoms with van der Waals surface area (Å²) in [6.07, 6.45) is 0. The fourth-order valence-electron chi connectivity index (χ4n) is 2.48. The van der Waals surface area contributed by atoms with E-state index in [2.05, 4.69) is 71.5 Å². The van der Waals surface area contributed by atoms with Crippen LogP contribution in [0.2, 0.25) is 0 Å². The summed E-state index contributed by atoms with van der Waals surface area (Å²) in [4.78, 5) is 0. The molecule has 0 aromatic heterocycles. The van der Waals surface area contributed by atoms with Gasteiger partial charge in [0.15, 0.2) is 0 Å². The van der Waals surface area contributed by atoms with Gasteiger partial charge in [0, 0.05) is 16.9 Å². The summed E-state index contributed by atoms with van der Waals surface area (Å²) in [5.41, 5.74) is 2.39. The fourth-order valence-corrected chi connectivity index (χ4v) is 2.84. The monoisotopic (exact) mass is 347 g/mol. The molecule has 0 saturated heterocycles. The molecule has 0 heterocycles. The van der Waals surface area contributed by atoms with E-state index in [0.29, 0.717) is 11.8 Å². The molecule has 0 spiro atoms. The van der Waals surface area contributed by atoms with Crippen molar-refractivity contribution in [3.8, 4) is 5.75 Å². The summed E-state index contributed by atoms with van der Waals surface area (Å²) in [6.45, 7) is 5.41. The first-order chi connectivity index (χ1) is 10.1. The number of anilines is 1. The average molecular weight is 348 g/mol. The Labute approximate surface area is 135 Å². The van der Waals surface area contributed by atoms with Crippen LogP contribution in [0, 0.1) is 5.92 Å². The van der Waals surface area contributed by atoms with E-state index in [0.717, 1.165) is 22.5 Å². The molecule has 0 saturated carbocycles. The summed E-state index contributed by atoms with van der Waals surface area (Å²) < 4.78 is 6.46. The highest BCUT2D eigenvalue weighted by molar-refractivity contribution is 9.10. The van der Waals surface area contributed by atoms with Crippen molar-refractivity contribution in [2.75, 3.05) is 19.0 Å². The van der Waals surface area contributed by atoms with Gasteiger partial charge in [-0.15, -0.1) is 0 Å². The predicted molar refractivity (Wildman–Crippen MR) is 93.2 cm³/mol. The SMILES string of the molecule is COc1ccc(Br)cc1NCC(c1ccccc1)C(C)C. The fraction of sp³-hybridized carbons (Fsp3) is 0.333. The van der Waals surface area contributed by atoms with Crippen molar-refractivity contribution in [2.24, 2.45) is 5.92 Å². The first-order valence-corrected chi connectivity index (χ1v) is 8.03. The minimum Gasteiger partial charge on any atom is -0.495 e. The van der Waals surface area contributed by atoms with Crippen LogP contribution in [0.4, 0.5) is 5.69 Å². The lowest BCUT2D eigenvalue weighted by molar-refractivity contribution is 0.415. The van der Waals surface area contributed by atoms with Gasteiger partial charge < -0.3 is 10.1 Å². The van der Waals surface area contributed by atoms with Gasteiger partial charge >= 0.3 is 0 Å². The largest absolute Gasteiger partial charge is 0.495 e. The lowest BCUT2D eigenvalue weighted by Gasteiger charge is -2.23. The number of nitrogens with one attached hydrogen (secondary N) is 1. The number of hydrogen-bond acceptors (Lipinski definition) is 2. The first-order valence-electron chi connectivity index (χ1n) is 7.24. The average Bonchev–Trinajstić information content (AvgIpc) is 2.48. The van der Waals surface area contributed by atoms with E-state index in [1.807, 2.05) is 12.1 Å². The second-order valence-corrected chi connectivity index (χ2v) is 6.40. The molecule has 0 aliphatic heterocycles. The van der Waals surface area contributed by atoms with Gasteiger partial charge in [-0.3, -0.25) is 0 Å². The molecule has 2 aromatic carbocycles. The Morgan fingerprint density at radius 2 is 1.81 bits per heavy atom. The van der Waals surface area contributed by atoms with Crippen molar-refractivity contribution in [2.45, 2.75) is 19.8 Å². The highest BCUT2D eigenvalue weighted by atomic mass is 79.9. The van der Waals surface area contributed by atoms with Crippen LogP contribution >= 0.6 is 15.9 Å².